The maximum Gasteiger partial charge on any atom is 0.416 e. The number of nitrogens with zero attached hydrogens (tertiary/aromatic N) is 2. The number of nitrogens with one attached hydrogen (secondary N) is 1. The van der Waals surface area contributed by atoms with E-state index in [9.17, 15) is 13.2 Å². The summed E-state index contributed by atoms with van der Waals surface area (Å²) in [5.74, 6) is 1.34. The standard InChI is InChI=1S/C15H16F3N3/c1-4-12-20-13(9(2)14(19-3)21-12)10-5-7-11(8-6-10)15(16,17)18/h5-8H,4H2,1-3H3,(H,19,20,21). The molecule has 0 saturated heterocycles. The van der Waals surface area contributed by atoms with Crippen LogP contribution in [0, 0.1) is 6.92 Å². The average Bonchev–Trinajstić information content (AvgIpc) is 2.47. The minimum atomic E-state index is -4.33. The summed E-state index contributed by atoms with van der Waals surface area (Å²) in [5.41, 5.74) is 1.45. The molecule has 2 rings (SSSR count). The van der Waals surface area contributed by atoms with E-state index in [0.717, 1.165) is 17.7 Å². The molecule has 0 spiro atoms. The van der Waals surface area contributed by atoms with Gasteiger partial charge >= 0.3 is 6.18 Å². The van der Waals surface area contributed by atoms with Crippen molar-refractivity contribution in [1.29, 1.82) is 0 Å². The maximum absolute atomic E-state index is 12.6. The molecule has 112 valence electrons. The number of halogens is 3. The smallest absolute Gasteiger partial charge is 0.373 e. The van der Waals surface area contributed by atoms with Crippen molar-refractivity contribution in [2.24, 2.45) is 0 Å². The van der Waals surface area contributed by atoms with Crippen molar-refractivity contribution in [3.63, 3.8) is 0 Å². The average molecular weight is 295 g/mol. The Kier molecular flexibility index (Phi) is 4.16. The van der Waals surface area contributed by atoms with Gasteiger partial charge in [0.1, 0.15) is 11.6 Å². The van der Waals surface area contributed by atoms with E-state index < -0.39 is 11.7 Å². The molecule has 0 unspecified atom stereocenters. The van der Waals surface area contributed by atoms with E-state index in [2.05, 4.69) is 15.3 Å². The van der Waals surface area contributed by atoms with Gasteiger partial charge in [-0.15, -0.1) is 0 Å². The van der Waals surface area contributed by atoms with Gasteiger partial charge in [0.2, 0.25) is 0 Å². The summed E-state index contributed by atoms with van der Waals surface area (Å²) in [6, 6.07) is 5.02. The molecule has 0 aliphatic heterocycles. The zero-order valence-electron chi connectivity index (χ0n) is 12.0. The Bertz CT molecular complexity index is 634. The Balaban J connectivity index is 2.51. The predicted octanol–water partition coefficient (Wildman–Crippen LogP) is 4.07. The van der Waals surface area contributed by atoms with Crippen LogP contribution >= 0.6 is 0 Å². The van der Waals surface area contributed by atoms with Gasteiger partial charge in [-0.1, -0.05) is 19.1 Å². The molecule has 3 nitrogen and oxygen atoms in total. The molecule has 2 aromatic rings. The normalized spacial score (nSPS) is 11.5. The van der Waals surface area contributed by atoms with E-state index in [1.807, 2.05) is 13.8 Å². The van der Waals surface area contributed by atoms with E-state index in [-0.39, 0.29) is 0 Å². The fraction of sp³-hybridized carbons (Fsp3) is 0.333. The van der Waals surface area contributed by atoms with Gasteiger partial charge in [0.15, 0.2) is 0 Å². The van der Waals surface area contributed by atoms with Crippen molar-refractivity contribution in [2.45, 2.75) is 26.4 Å². The molecule has 0 bridgehead atoms. The second kappa shape index (κ2) is 5.71. The van der Waals surface area contributed by atoms with Crippen molar-refractivity contribution in [3.05, 3.63) is 41.2 Å². The van der Waals surface area contributed by atoms with Crippen molar-refractivity contribution in [2.75, 3.05) is 12.4 Å². The molecule has 6 heteroatoms. The first-order valence-corrected chi connectivity index (χ1v) is 6.59. The molecule has 0 aliphatic carbocycles. The fourth-order valence-electron chi connectivity index (χ4n) is 2.06. The molecule has 0 fully saturated rings. The Hall–Kier alpha value is -2.11. The number of rotatable bonds is 3. The number of benzene rings is 1. The van der Waals surface area contributed by atoms with Crippen LogP contribution < -0.4 is 5.32 Å². The minimum Gasteiger partial charge on any atom is -0.373 e. The maximum atomic E-state index is 12.6. The highest BCUT2D eigenvalue weighted by atomic mass is 19.4. The van der Waals surface area contributed by atoms with Crippen LogP contribution in [-0.2, 0) is 12.6 Å². The summed E-state index contributed by atoms with van der Waals surface area (Å²) in [6.07, 6.45) is -3.67. The lowest BCUT2D eigenvalue weighted by atomic mass is 10.0. The molecule has 1 N–H and O–H groups in total. The van der Waals surface area contributed by atoms with E-state index in [4.69, 9.17) is 0 Å². The molecule has 0 amide bonds. The molecule has 0 saturated carbocycles. The number of hydrogen-bond donors (Lipinski definition) is 1. The summed E-state index contributed by atoms with van der Waals surface area (Å²) in [7, 11) is 1.76. The lowest BCUT2D eigenvalue weighted by Gasteiger charge is -2.13. The summed E-state index contributed by atoms with van der Waals surface area (Å²) < 4.78 is 37.8. The van der Waals surface area contributed by atoms with Crippen molar-refractivity contribution in [1.82, 2.24) is 9.97 Å². The zero-order valence-corrected chi connectivity index (χ0v) is 12.0. The number of alkyl halides is 3. The predicted molar refractivity (Wildman–Crippen MR) is 76.1 cm³/mol. The lowest BCUT2D eigenvalue weighted by molar-refractivity contribution is -0.137. The number of aryl methyl sites for hydroxylation is 1. The first-order valence-electron chi connectivity index (χ1n) is 6.59. The van der Waals surface area contributed by atoms with Crippen LogP contribution in [0.3, 0.4) is 0 Å². The summed E-state index contributed by atoms with van der Waals surface area (Å²) in [5, 5.41) is 2.98. The molecular weight excluding hydrogens is 279 g/mol. The van der Waals surface area contributed by atoms with Crippen LogP contribution in [0.25, 0.3) is 11.3 Å². The van der Waals surface area contributed by atoms with Crippen LogP contribution in [0.2, 0.25) is 0 Å². The third kappa shape index (κ3) is 3.15. The van der Waals surface area contributed by atoms with Gasteiger partial charge < -0.3 is 5.32 Å². The van der Waals surface area contributed by atoms with Gasteiger partial charge in [-0.05, 0) is 19.1 Å². The van der Waals surface area contributed by atoms with Crippen molar-refractivity contribution >= 4 is 5.82 Å². The monoisotopic (exact) mass is 295 g/mol. The highest BCUT2D eigenvalue weighted by Gasteiger charge is 2.30. The molecule has 1 aromatic heterocycles. The number of hydrogen-bond acceptors (Lipinski definition) is 3. The van der Waals surface area contributed by atoms with Crippen LogP contribution in [0.4, 0.5) is 19.0 Å². The Morgan fingerprint density at radius 2 is 1.71 bits per heavy atom. The minimum absolute atomic E-state index is 0.647. The van der Waals surface area contributed by atoms with Crippen LogP contribution in [0.15, 0.2) is 24.3 Å². The highest BCUT2D eigenvalue weighted by molar-refractivity contribution is 5.68. The van der Waals surface area contributed by atoms with Crippen molar-refractivity contribution < 1.29 is 13.2 Å². The molecule has 1 heterocycles. The van der Waals surface area contributed by atoms with Crippen LogP contribution in [0.1, 0.15) is 23.9 Å². The second-order valence-corrected chi connectivity index (χ2v) is 4.64. The summed E-state index contributed by atoms with van der Waals surface area (Å²) >= 11 is 0. The zero-order chi connectivity index (χ0) is 15.6. The lowest BCUT2D eigenvalue weighted by Crippen LogP contribution is -2.06. The van der Waals surface area contributed by atoms with Gasteiger partial charge in [0.05, 0.1) is 11.3 Å². The SMILES string of the molecule is CCc1nc(NC)c(C)c(-c2ccc(C(F)(F)F)cc2)n1. The Morgan fingerprint density at radius 1 is 1.10 bits per heavy atom. The van der Waals surface area contributed by atoms with Gasteiger partial charge in [-0.2, -0.15) is 13.2 Å². The van der Waals surface area contributed by atoms with Gasteiger partial charge in [-0.25, -0.2) is 9.97 Å². The molecule has 21 heavy (non-hydrogen) atoms. The Morgan fingerprint density at radius 3 is 2.19 bits per heavy atom. The van der Waals surface area contributed by atoms with Gasteiger partial charge in [0.25, 0.3) is 0 Å². The van der Waals surface area contributed by atoms with E-state index in [1.54, 1.807) is 7.05 Å². The number of anilines is 1. The number of aromatic nitrogens is 2. The molecule has 0 radical (unpaired) electrons. The summed E-state index contributed by atoms with van der Waals surface area (Å²) in [4.78, 5) is 8.78. The van der Waals surface area contributed by atoms with E-state index in [0.29, 0.717) is 29.3 Å². The van der Waals surface area contributed by atoms with Gasteiger partial charge in [0, 0.05) is 24.6 Å². The van der Waals surface area contributed by atoms with Crippen LogP contribution in [-0.4, -0.2) is 17.0 Å². The Labute approximate surface area is 121 Å². The molecule has 0 atom stereocenters. The first-order chi connectivity index (χ1) is 9.86. The topological polar surface area (TPSA) is 37.8 Å². The molecule has 0 aliphatic rings. The first kappa shape index (κ1) is 15.3. The quantitative estimate of drug-likeness (QED) is 0.927. The second-order valence-electron chi connectivity index (χ2n) is 4.64. The van der Waals surface area contributed by atoms with E-state index in [1.165, 1.54) is 12.1 Å². The van der Waals surface area contributed by atoms with Gasteiger partial charge in [-0.3, -0.25) is 0 Å². The van der Waals surface area contributed by atoms with Crippen molar-refractivity contribution in [3.8, 4) is 11.3 Å². The third-order valence-electron chi connectivity index (χ3n) is 3.23. The fourth-order valence-corrected chi connectivity index (χ4v) is 2.06. The largest absolute Gasteiger partial charge is 0.416 e. The third-order valence-corrected chi connectivity index (χ3v) is 3.23. The summed E-state index contributed by atoms with van der Waals surface area (Å²) in [6.45, 7) is 3.78. The highest BCUT2D eigenvalue weighted by Crippen LogP contribution is 2.32. The molecular formula is C15H16F3N3. The van der Waals surface area contributed by atoms with Crippen LogP contribution in [0.5, 0.6) is 0 Å². The van der Waals surface area contributed by atoms with E-state index >= 15 is 0 Å². The molecule has 1 aromatic carbocycles.